The number of carbonyl (C=O) groups excluding carboxylic acids is 2. The van der Waals surface area contributed by atoms with Gasteiger partial charge in [0.2, 0.25) is 5.91 Å². The Labute approximate surface area is 165 Å². The van der Waals surface area contributed by atoms with Crippen LogP contribution in [-0.4, -0.2) is 61.0 Å². The van der Waals surface area contributed by atoms with Crippen LogP contribution in [-0.2, 0) is 9.53 Å². The Morgan fingerprint density at radius 2 is 1.61 bits per heavy atom. The third-order valence-corrected chi connectivity index (χ3v) is 5.60. The molecule has 0 N–H and O–H groups in total. The van der Waals surface area contributed by atoms with Crippen molar-refractivity contribution in [1.29, 1.82) is 0 Å². The van der Waals surface area contributed by atoms with Gasteiger partial charge in [-0.05, 0) is 36.1 Å². The van der Waals surface area contributed by atoms with Crippen LogP contribution in [0.2, 0.25) is 0 Å². The molecule has 28 heavy (non-hydrogen) atoms. The number of rotatable bonds is 3. The summed E-state index contributed by atoms with van der Waals surface area (Å²) in [4.78, 5) is 29.7. The van der Waals surface area contributed by atoms with Crippen molar-refractivity contribution >= 4 is 11.8 Å². The monoisotopic (exact) mass is 378 g/mol. The van der Waals surface area contributed by atoms with E-state index in [9.17, 15) is 9.59 Å². The van der Waals surface area contributed by atoms with Crippen LogP contribution in [0.4, 0.5) is 0 Å². The van der Waals surface area contributed by atoms with Gasteiger partial charge in [-0.2, -0.15) is 0 Å². The standard InChI is InChI=1S/C23H26N2O3/c26-22(20-9-4-8-19(16-20)18-6-2-1-3-7-18)25-11-5-10-21(17-25)23(27)24-12-14-28-15-13-24/h1-4,6-9,16,21H,5,10-15,17H2. The predicted octanol–water partition coefficient (Wildman–Crippen LogP) is 3.06. The van der Waals surface area contributed by atoms with Crippen molar-refractivity contribution in [2.75, 3.05) is 39.4 Å². The molecule has 2 fully saturated rings. The zero-order chi connectivity index (χ0) is 19.3. The lowest BCUT2D eigenvalue weighted by atomic mass is 9.95. The highest BCUT2D eigenvalue weighted by atomic mass is 16.5. The van der Waals surface area contributed by atoms with Gasteiger partial charge in [0.15, 0.2) is 0 Å². The molecular formula is C23H26N2O3. The number of benzene rings is 2. The summed E-state index contributed by atoms with van der Waals surface area (Å²) in [5.41, 5.74) is 2.81. The van der Waals surface area contributed by atoms with Gasteiger partial charge < -0.3 is 14.5 Å². The first kappa shape index (κ1) is 18.7. The fourth-order valence-electron chi connectivity index (χ4n) is 4.05. The highest BCUT2D eigenvalue weighted by molar-refractivity contribution is 5.96. The highest BCUT2D eigenvalue weighted by Gasteiger charge is 2.32. The molecule has 1 atom stereocenters. The van der Waals surface area contributed by atoms with Gasteiger partial charge in [0.1, 0.15) is 0 Å². The third-order valence-electron chi connectivity index (χ3n) is 5.60. The topological polar surface area (TPSA) is 49.9 Å². The molecule has 2 aromatic carbocycles. The molecule has 2 aromatic rings. The van der Waals surface area contributed by atoms with Crippen molar-refractivity contribution in [2.24, 2.45) is 5.92 Å². The van der Waals surface area contributed by atoms with Crippen LogP contribution in [0.5, 0.6) is 0 Å². The van der Waals surface area contributed by atoms with E-state index in [1.165, 1.54) is 0 Å². The minimum Gasteiger partial charge on any atom is -0.378 e. The maximum Gasteiger partial charge on any atom is 0.253 e. The molecule has 0 radical (unpaired) electrons. The molecule has 2 heterocycles. The largest absolute Gasteiger partial charge is 0.378 e. The molecule has 2 aliphatic rings. The second-order valence-corrected chi connectivity index (χ2v) is 7.47. The fraction of sp³-hybridized carbons (Fsp3) is 0.391. The first-order valence-electron chi connectivity index (χ1n) is 10.0. The van der Waals surface area contributed by atoms with Crippen LogP contribution in [0.25, 0.3) is 11.1 Å². The van der Waals surface area contributed by atoms with Crippen molar-refractivity contribution in [3.63, 3.8) is 0 Å². The second kappa shape index (κ2) is 8.57. The summed E-state index contributed by atoms with van der Waals surface area (Å²) in [6.45, 7) is 3.73. The highest BCUT2D eigenvalue weighted by Crippen LogP contribution is 2.24. The minimum atomic E-state index is -0.104. The lowest BCUT2D eigenvalue weighted by Crippen LogP contribution is -2.49. The van der Waals surface area contributed by atoms with E-state index in [-0.39, 0.29) is 17.7 Å². The molecule has 1 unspecified atom stereocenters. The number of hydrogen-bond donors (Lipinski definition) is 0. The number of piperidine rings is 1. The fourth-order valence-corrected chi connectivity index (χ4v) is 4.05. The zero-order valence-electron chi connectivity index (χ0n) is 16.0. The number of morpholine rings is 1. The number of hydrogen-bond acceptors (Lipinski definition) is 3. The molecule has 0 bridgehead atoms. The summed E-state index contributed by atoms with van der Waals surface area (Å²) >= 11 is 0. The maximum absolute atomic E-state index is 13.1. The Bertz CT molecular complexity index is 831. The Morgan fingerprint density at radius 1 is 0.857 bits per heavy atom. The molecule has 2 saturated heterocycles. The smallest absolute Gasteiger partial charge is 0.253 e. The van der Waals surface area contributed by atoms with E-state index in [4.69, 9.17) is 4.74 Å². The molecular weight excluding hydrogens is 352 g/mol. The van der Waals surface area contributed by atoms with Crippen LogP contribution in [0.15, 0.2) is 54.6 Å². The second-order valence-electron chi connectivity index (χ2n) is 7.47. The van der Waals surface area contributed by atoms with Crippen LogP contribution in [0.3, 0.4) is 0 Å². The summed E-state index contributed by atoms with van der Waals surface area (Å²) in [5, 5.41) is 0. The molecule has 5 heteroatoms. The van der Waals surface area contributed by atoms with E-state index in [1.54, 1.807) is 0 Å². The summed E-state index contributed by atoms with van der Waals surface area (Å²) in [5.74, 6) is 0.0733. The molecule has 0 aliphatic carbocycles. The van der Waals surface area contributed by atoms with Crippen LogP contribution in [0, 0.1) is 5.92 Å². The van der Waals surface area contributed by atoms with E-state index in [0.29, 0.717) is 45.0 Å². The molecule has 5 nitrogen and oxygen atoms in total. The van der Waals surface area contributed by atoms with Gasteiger partial charge in [-0.3, -0.25) is 9.59 Å². The van der Waals surface area contributed by atoms with E-state index in [1.807, 2.05) is 64.4 Å². The zero-order valence-corrected chi connectivity index (χ0v) is 16.0. The average molecular weight is 378 g/mol. The molecule has 2 aliphatic heterocycles. The Balaban J connectivity index is 1.46. The quantitative estimate of drug-likeness (QED) is 0.825. The number of carbonyl (C=O) groups is 2. The minimum absolute atomic E-state index is 0.0114. The van der Waals surface area contributed by atoms with Crippen LogP contribution < -0.4 is 0 Å². The number of ether oxygens (including phenoxy) is 1. The molecule has 146 valence electrons. The van der Waals surface area contributed by atoms with Gasteiger partial charge >= 0.3 is 0 Å². The Kier molecular flexibility index (Phi) is 5.72. The Morgan fingerprint density at radius 3 is 2.39 bits per heavy atom. The normalized spacial score (nSPS) is 20.1. The van der Waals surface area contributed by atoms with Crippen molar-refractivity contribution in [2.45, 2.75) is 12.8 Å². The van der Waals surface area contributed by atoms with Crippen molar-refractivity contribution in [3.8, 4) is 11.1 Å². The molecule has 0 saturated carbocycles. The summed E-state index contributed by atoms with van der Waals surface area (Å²) in [6, 6.07) is 17.8. The van der Waals surface area contributed by atoms with Crippen LogP contribution in [0.1, 0.15) is 23.2 Å². The van der Waals surface area contributed by atoms with Crippen molar-refractivity contribution in [1.82, 2.24) is 9.80 Å². The van der Waals surface area contributed by atoms with Gasteiger partial charge in [0, 0.05) is 31.7 Å². The van der Waals surface area contributed by atoms with Gasteiger partial charge in [0.05, 0.1) is 19.1 Å². The number of likely N-dealkylation sites (tertiary alicyclic amines) is 1. The Hall–Kier alpha value is -2.66. The first-order valence-corrected chi connectivity index (χ1v) is 10.0. The van der Waals surface area contributed by atoms with Gasteiger partial charge in [-0.15, -0.1) is 0 Å². The van der Waals surface area contributed by atoms with E-state index in [0.717, 1.165) is 24.0 Å². The lowest BCUT2D eigenvalue weighted by Gasteiger charge is -2.36. The third kappa shape index (κ3) is 4.09. The summed E-state index contributed by atoms with van der Waals surface area (Å²) in [7, 11) is 0. The SMILES string of the molecule is O=C(c1cccc(-c2ccccc2)c1)N1CCCC(C(=O)N2CCOCC2)C1. The molecule has 4 rings (SSSR count). The van der Waals surface area contributed by atoms with Crippen LogP contribution >= 0.6 is 0 Å². The average Bonchev–Trinajstić information content (AvgIpc) is 2.79. The molecule has 0 aromatic heterocycles. The lowest BCUT2D eigenvalue weighted by molar-refractivity contribution is -0.141. The molecule has 2 amide bonds. The van der Waals surface area contributed by atoms with Gasteiger partial charge in [0.25, 0.3) is 5.91 Å². The van der Waals surface area contributed by atoms with E-state index in [2.05, 4.69) is 0 Å². The number of nitrogens with zero attached hydrogens (tertiary/aromatic N) is 2. The van der Waals surface area contributed by atoms with Crippen molar-refractivity contribution < 1.29 is 14.3 Å². The molecule has 0 spiro atoms. The van der Waals surface area contributed by atoms with E-state index < -0.39 is 0 Å². The summed E-state index contributed by atoms with van der Waals surface area (Å²) < 4.78 is 5.34. The predicted molar refractivity (Wildman–Crippen MR) is 108 cm³/mol. The van der Waals surface area contributed by atoms with Gasteiger partial charge in [-0.1, -0.05) is 42.5 Å². The van der Waals surface area contributed by atoms with Crippen molar-refractivity contribution in [3.05, 3.63) is 60.2 Å². The first-order chi connectivity index (χ1) is 13.7. The van der Waals surface area contributed by atoms with Gasteiger partial charge in [-0.25, -0.2) is 0 Å². The summed E-state index contributed by atoms with van der Waals surface area (Å²) in [6.07, 6.45) is 1.72. The number of amides is 2. The maximum atomic E-state index is 13.1. The van der Waals surface area contributed by atoms with E-state index >= 15 is 0 Å².